The smallest absolute Gasteiger partial charge is 0.220 e. The van der Waals surface area contributed by atoms with Gasteiger partial charge in [0.2, 0.25) is 5.91 Å². The lowest BCUT2D eigenvalue weighted by molar-refractivity contribution is -0.174. The van der Waals surface area contributed by atoms with Gasteiger partial charge in [-0.3, -0.25) is 4.79 Å². The van der Waals surface area contributed by atoms with Crippen LogP contribution in [-0.2, 0) is 11.3 Å². The molecule has 0 aromatic heterocycles. The summed E-state index contributed by atoms with van der Waals surface area (Å²) in [6.07, 6.45) is 9.97. The van der Waals surface area contributed by atoms with Crippen LogP contribution in [0.3, 0.4) is 0 Å². The molecule has 3 N–H and O–H groups in total. The Morgan fingerprint density at radius 2 is 1.80 bits per heavy atom. The van der Waals surface area contributed by atoms with Crippen molar-refractivity contribution in [3.63, 3.8) is 0 Å². The molecule has 4 aliphatic carbocycles. The number of rotatable bonds is 6. The van der Waals surface area contributed by atoms with E-state index in [4.69, 9.17) is 0 Å². The number of hydrogen-bond acceptors (Lipinski definition) is 3. The summed E-state index contributed by atoms with van der Waals surface area (Å²) in [5, 5.41) is 25.1. The minimum absolute atomic E-state index is 0.0293. The molecule has 0 saturated heterocycles. The molecule has 35 heavy (non-hydrogen) atoms. The quantitative estimate of drug-likeness (QED) is 0.487. The summed E-state index contributed by atoms with van der Waals surface area (Å²) in [5.41, 5.74) is 1.39. The van der Waals surface area contributed by atoms with Crippen LogP contribution in [0.5, 0.6) is 0 Å². The zero-order valence-corrected chi connectivity index (χ0v) is 22.1. The summed E-state index contributed by atoms with van der Waals surface area (Å²) in [6, 6.07) is 10.1. The van der Waals surface area contributed by atoms with E-state index in [1.54, 1.807) is 0 Å². The van der Waals surface area contributed by atoms with Gasteiger partial charge in [0.25, 0.3) is 0 Å². The number of aliphatic hydroxyl groups is 2. The zero-order chi connectivity index (χ0) is 24.8. The van der Waals surface area contributed by atoms with Crippen LogP contribution >= 0.6 is 0 Å². The number of carbonyl (C=O) groups is 1. The average Bonchev–Trinajstić information content (AvgIpc) is 3.22. The topological polar surface area (TPSA) is 69.6 Å². The Kier molecular flexibility index (Phi) is 7.09. The lowest BCUT2D eigenvalue weighted by atomic mass is 9.43. The highest BCUT2D eigenvalue weighted by Crippen LogP contribution is 2.68. The van der Waals surface area contributed by atoms with Gasteiger partial charge >= 0.3 is 0 Å². The fourth-order valence-corrected chi connectivity index (χ4v) is 9.61. The van der Waals surface area contributed by atoms with E-state index in [9.17, 15) is 15.0 Å². The van der Waals surface area contributed by atoms with Crippen molar-refractivity contribution in [1.82, 2.24) is 5.32 Å². The van der Waals surface area contributed by atoms with Gasteiger partial charge in [-0.15, -0.1) is 0 Å². The van der Waals surface area contributed by atoms with E-state index in [1.165, 1.54) is 25.7 Å². The standard InChI is InChI=1S/C31H47NO3/c1-20(9-14-29(35)32-19-21-7-5-4-6-8-21)25-12-13-26-24-11-10-22-17-23(33)15-16-30(22,2)27(24)18-28(34)31(25,26)3/h4-8,20,22-28,33-34H,9-19H2,1-3H3,(H,32,35)/t20-,22-,23-,24+,25-,26+,27+,28+,30+,31-/m1/s1. The lowest BCUT2D eigenvalue weighted by Crippen LogP contribution is -2.58. The van der Waals surface area contributed by atoms with Gasteiger partial charge in [0.15, 0.2) is 0 Å². The fourth-order valence-electron chi connectivity index (χ4n) is 9.61. The van der Waals surface area contributed by atoms with Gasteiger partial charge in [0.05, 0.1) is 12.2 Å². The molecular formula is C31H47NO3. The van der Waals surface area contributed by atoms with E-state index >= 15 is 0 Å². The molecule has 1 amide bonds. The number of fused-ring (bicyclic) bond motifs is 5. The van der Waals surface area contributed by atoms with E-state index in [-0.39, 0.29) is 28.9 Å². The van der Waals surface area contributed by atoms with Crippen LogP contribution in [0.4, 0.5) is 0 Å². The van der Waals surface area contributed by atoms with Crippen molar-refractivity contribution in [3.8, 4) is 0 Å². The van der Waals surface area contributed by atoms with E-state index < -0.39 is 0 Å². The average molecular weight is 482 g/mol. The first-order valence-corrected chi connectivity index (χ1v) is 14.4. The summed E-state index contributed by atoms with van der Waals surface area (Å²) in [7, 11) is 0. The molecule has 0 aliphatic heterocycles. The second-order valence-corrected chi connectivity index (χ2v) is 13.2. The molecule has 0 bridgehead atoms. The fraction of sp³-hybridized carbons (Fsp3) is 0.774. The molecule has 4 nitrogen and oxygen atoms in total. The second-order valence-electron chi connectivity index (χ2n) is 13.2. The number of benzene rings is 1. The molecule has 4 heteroatoms. The maximum absolute atomic E-state index is 12.6. The SMILES string of the molecule is C[C@H](CCC(=O)NCc1ccccc1)[C@H]1CC[C@H]2[C@@H]3CC[C@@H]4C[C@H](O)CC[C@]4(C)[C@H]3C[C@H](O)[C@]12C. The van der Waals surface area contributed by atoms with Gasteiger partial charge < -0.3 is 15.5 Å². The van der Waals surface area contributed by atoms with Gasteiger partial charge in [-0.05, 0) is 110 Å². The first kappa shape index (κ1) is 25.3. The van der Waals surface area contributed by atoms with E-state index in [2.05, 4.69) is 26.1 Å². The highest BCUT2D eigenvalue weighted by Gasteiger charge is 2.63. The largest absolute Gasteiger partial charge is 0.393 e. The van der Waals surface area contributed by atoms with Gasteiger partial charge in [0, 0.05) is 13.0 Å². The Balaban J connectivity index is 1.22. The molecule has 0 radical (unpaired) electrons. The van der Waals surface area contributed by atoms with Crippen molar-refractivity contribution in [1.29, 1.82) is 0 Å². The van der Waals surface area contributed by atoms with Crippen LogP contribution in [0.2, 0.25) is 0 Å². The van der Waals surface area contributed by atoms with Crippen LogP contribution in [0.25, 0.3) is 0 Å². The summed E-state index contributed by atoms with van der Waals surface area (Å²) < 4.78 is 0. The van der Waals surface area contributed by atoms with Crippen LogP contribution in [0.15, 0.2) is 30.3 Å². The molecule has 0 spiro atoms. The van der Waals surface area contributed by atoms with Gasteiger partial charge in [0.1, 0.15) is 0 Å². The molecule has 4 aliphatic rings. The summed E-state index contributed by atoms with van der Waals surface area (Å²) in [5.74, 6) is 3.59. The number of hydrogen-bond donors (Lipinski definition) is 3. The molecule has 5 rings (SSSR count). The molecule has 194 valence electrons. The minimum Gasteiger partial charge on any atom is -0.393 e. The van der Waals surface area contributed by atoms with E-state index in [0.717, 1.165) is 37.7 Å². The van der Waals surface area contributed by atoms with Crippen LogP contribution in [0, 0.1) is 46.3 Å². The van der Waals surface area contributed by atoms with Crippen LogP contribution < -0.4 is 5.32 Å². The molecule has 10 atom stereocenters. The Morgan fingerprint density at radius 1 is 1.03 bits per heavy atom. The Bertz CT molecular complexity index is 888. The van der Waals surface area contributed by atoms with Crippen molar-refractivity contribution in [2.24, 2.45) is 46.3 Å². The summed E-state index contributed by atoms with van der Waals surface area (Å²) >= 11 is 0. The molecule has 0 heterocycles. The van der Waals surface area contributed by atoms with Gasteiger partial charge in [-0.1, -0.05) is 51.1 Å². The number of amides is 1. The highest BCUT2D eigenvalue weighted by atomic mass is 16.3. The molecule has 0 unspecified atom stereocenters. The Hall–Kier alpha value is -1.39. The Labute approximate surface area is 212 Å². The minimum atomic E-state index is -0.252. The predicted molar refractivity (Wildman–Crippen MR) is 139 cm³/mol. The zero-order valence-electron chi connectivity index (χ0n) is 22.1. The second kappa shape index (κ2) is 9.82. The number of carbonyl (C=O) groups excluding carboxylic acids is 1. The summed E-state index contributed by atoms with van der Waals surface area (Å²) in [4.78, 5) is 12.6. The molecule has 1 aromatic carbocycles. The van der Waals surface area contributed by atoms with E-state index in [0.29, 0.717) is 48.5 Å². The predicted octanol–water partition coefficient (Wildman–Crippen LogP) is 5.71. The van der Waals surface area contributed by atoms with Crippen molar-refractivity contribution in [3.05, 3.63) is 35.9 Å². The van der Waals surface area contributed by atoms with Crippen molar-refractivity contribution < 1.29 is 15.0 Å². The number of aliphatic hydroxyl groups excluding tert-OH is 2. The first-order valence-electron chi connectivity index (χ1n) is 14.4. The van der Waals surface area contributed by atoms with Crippen LogP contribution in [-0.4, -0.2) is 28.3 Å². The maximum Gasteiger partial charge on any atom is 0.220 e. The molecular weight excluding hydrogens is 434 g/mol. The maximum atomic E-state index is 12.6. The highest BCUT2D eigenvalue weighted by molar-refractivity contribution is 5.75. The van der Waals surface area contributed by atoms with E-state index in [1.807, 2.05) is 30.3 Å². The van der Waals surface area contributed by atoms with Crippen molar-refractivity contribution in [2.45, 2.75) is 104 Å². The lowest BCUT2D eigenvalue weighted by Gasteiger charge is -2.62. The first-order chi connectivity index (χ1) is 16.7. The van der Waals surface area contributed by atoms with Crippen LogP contribution in [0.1, 0.15) is 90.5 Å². The summed E-state index contributed by atoms with van der Waals surface area (Å²) in [6.45, 7) is 7.79. The third-order valence-corrected chi connectivity index (χ3v) is 11.7. The molecule has 4 saturated carbocycles. The third-order valence-electron chi connectivity index (χ3n) is 11.7. The molecule has 1 aromatic rings. The normalized spacial score (nSPS) is 43.5. The number of nitrogens with one attached hydrogen (secondary N) is 1. The van der Waals surface area contributed by atoms with Crippen molar-refractivity contribution >= 4 is 5.91 Å². The Morgan fingerprint density at radius 3 is 2.57 bits per heavy atom. The molecule has 4 fully saturated rings. The van der Waals surface area contributed by atoms with Crippen molar-refractivity contribution in [2.75, 3.05) is 0 Å². The monoisotopic (exact) mass is 481 g/mol. The van der Waals surface area contributed by atoms with Gasteiger partial charge in [-0.25, -0.2) is 0 Å². The van der Waals surface area contributed by atoms with Gasteiger partial charge in [-0.2, -0.15) is 0 Å². The third kappa shape index (κ3) is 4.48.